The zero-order valence-corrected chi connectivity index (χ0v) is 9.27. The molecule has 1 saturated carbocycles. The van der Waals surface area contributed by atoms with Gasteiger partial charge in [0.05, 0.1) is 0 Å². The molecule has 0 aliphatic heterocycles. The van der Waals surface area contributed by atoms with Crippen LogP contribution < -0.4 is 0 Å². The lowest BCUT2D eigenvalue weighted by Crippen LogP contribution is -2.19. The van der Waals surface area contributed by atoms with Crippen molar-refractivity contribution in [3.05, 3.63) is 48.1 Å². The molecule has 0 nitrogen and oxygen atoms in total. The maximum atomic E-state index is 2.42. The van der Waals surface area contributed by atoms with Gasteiger partial charge in [-0.15, -0.1) is 0 Å². The molecule has 3 aliphatic rings. The predicted octanol–water partition coefficient (Wildman–Crippen LogP) is 3.89. The Morgan fingerprint density at radius 2 is 2.00 bits per heavy atom. The van der Waals surface area contributed by atoms with Crippen molar-refractivity contribution < 1.29 is 0 Å². The fourth-order valence-electron chi connectivity index (χ4n) is 3.50. The molecule has 15 heavy (non-hydrogen) atoms. The van der Waals surface area contributed by atoms with Gasteiger partial charge in [0.1, 0.15) is 0 Å². The van der Waals surface area contributed by atoms with Crippen LogP contribution in [0.3, 0.4) is 0 Å². The van der Waals surface area contributed by atoms with Crippen LogP contribution >= 0.6 is 0 Å². The first-order chi connectivity index (χ1) is 7.36. The van der Waals surface area contributed by atoms with Crippen molar-refractivity contribution in [3.63, 3.8) is 0 Å². The first-order valence-corrected chi connectivity index (χ1v) is 6.09. The highest BCUT2D eigenvalue weighted by atomic mass is 14.4. The molecule has 0 saturated heterocycles. The first kappa shape index (κ1) is 9.21. The summed E-state index contributed by atoms with van der Waals surface area (Å²) in [6.07, 6.45) is 18.9. The van der Waals surface area contributed by atoms with Crippen molar-refractivity contribution >= 4 is 0 Å². The van der Waals surface area contributed by atoms with Crippen molar-refractivity contribution in [1.29, 1.82) is 0 Å². The van der Waals surface area contributed by atoms with Gasteiger partial charge in [-0.1, -0.05) is 49.5 Å². The van der Waals surface area contributed by atoms with Crippen LogP contribution in [-0.4, -0.2) is 0 Å². The molecule has 0 aromatic rings. The Kier molecular flexibility index (Phi) is 2.16. The van der Waals surface area contributed by atoms with E-state index < -0.39 is 0 Å². The van der Waals surface area contributed by atoms with Crippen LogP contribution in [0.2, 0.25) is 0 Å². The lowest BCUT2D eigenvalue weighted by Gasteiger charge is -2.25. The van der Waals surface area contributed by atoms with Gasteiger partial charge in [-0.2, -0.15) is 0 Å². The van der Waals surface area contributed by atoms with E-state index in [4.69, 9.17) is 0 Å². The van der Waals surface area contributed by atoms with Crippen molar-refractivity contribution in [2.24, 2.45) is 23.7 Å². The Morgan fingerprint density at radius 3 is 2.93 bits per heavy atom. The molecule has 3 unspecified atom stereocenters. The third-order valence-electron chi connectivity index (χ3n) is 4.28. The van der Waals surface area contributed by atoms with E-state index in [0.29, 0.717) is 0 Å². The first-order valence-electron chi connectivity index (χ1n) is 6.09. The van der Waals surface area contributed by atoms with Gasteiger partial charge in [-0.25, -0.2) is 0 Å². The van der Waals surface area contributed by atoms with Crippen molar-refractivity contribution in [2.75, 3.05) is 0 Å². The molecule has 78 valence electrons. The Labute approximate surface area is 92.1 Å². The quantitative estimate of drug-likeness (QED) is 0.554. The zero-order valence-electron chi connectivity index (χ0n) is 9.27. The molecule has 0 aromatic carbocycles. The molecule has 0 heteroatoms. The Balaban J connectivity index is 2.05. The van der Waals surface area contributed by atoms with Crippen molar-refractivity contribution in [2.45, 2.75) is 19.8 Å². The summed E-state index contributed by atoms with van der Waals surface area (Å²) in [6, 6.07) is 0. The third-order valence-corrected chi connectivity index (χ3v) is 4.28. The Hall–Kier alpha value is -1.04. The standard InChI is InChI=1S/C15H18/c1-11-5-4-8-12-6-2-3-7-13-9-10-14(11)15(12)13/h2-8,11,13-15H,9-10H2,1H3/t11-,13?,14?,15?/m0/s1. The van der Waals surface area contributed by atoms with Gasteiger partial charge in [0.15, 0.2) is 0 Å². The van der Waals surface area contributed by atoms with Gasteiger partial charge in [0, 0.05) is 0 Å². The molecule has 1 fully saturated rings. The largest absolute Gasteiger partial charge is 0.0814 e. The van der Waals surface area contributed by atoms with E-state index in [1.54, 1.807) is 5.57 Å². The highest BCUT2D eigenvalue weighted by Crippen LogP contribution is 2.48. The highest BCUT2D eigenvalue weighted by molar-refractivity contribution is 5.36. The van der Waals surface area contributed by atoms with Crippen LogP contribution in [-0.2, 0) is 0 Å². The van der Waals surface area contributed by atoms with E-state index in [0.717, 1.165) is 23.7 Å². The molecule has 0 aromatic heterocycles. The molecule has 3 rings (SSSR count). The minimum Gasteiger partial charge on any atom is -0.0814 e. The zero-order chi connectivity index (χ0) is 10.3. The molecule has 3 aliphatic carbocycles. The van der Waals surface area contributed by atoms with Crippen molar-refractivity contribution in [3.8, 4) is 0 Å². The molecule has 0 radical (unpaired) electrons. The van der Waals surface area contributed by atoms with Crippen LogP contribution in [0.5, 0.6) is 0 Å². The summed E-state index contributed by atoms with van der Waals surface area (Å²) in [7, 11) is 0. The van der Waals surface area contributed by atoms with Crippen LogP contribution in [0.15, 0.2) is 48.1 Å². The molecule has 0 N–H and O–H groups in total. The predicted molar refractivity (Wildman–Crippen MR) is 64.4 cm³/mol. The molecule has 0 heterocycles. The Morgan fingerprint density at radius 1 is 1.07 bits per heavy atom. The fourth-order valence-corrected chi connectivity index (χ4v) is 3.50. The Bertz CT molecular complexity index is 367. The van der Waals surface area contributed by atoms with Crippen LogP contribution in [0.25, 0.3) is 0 Å². The van der Waals surface area contributed by atoms with Gasteiger partial charge in [0.2, 0.25) is 0 Å². The second kappa shape index (κ2) is 3.52. The van der Waals surface area contributed by atoms with Gasteiger partial charge < -0.3 is 0 Å². The summed E-state index contributed by atoms with van der Waals surface area (Å²) in [6.45, 7) is 2.37. The van der Waals surface area contributed by atoms with Gasteiger partial charge in [-0.3, -0.25) is 0 Å². The van der Waals surface area contributed by atoms with E-state index in [-0.39, 0.29) is 0 Å². The highest BCUT2D eigenvalue weighted by Gasteiger charge is 2.39. The lowest BCUT2D eigenvalue weighted by molar-refractivity contribution is 0.341. The van der Waals surface area contributed by atoms with Gasteiger partial charge >= 0.3 is 0 Å². The van der Waals surface area contributed by atoms with E-state index in [1.807, 2.05) is 0 Å². The molecule has 4 atom stereocenters. The summed E-state index contributed by atoms with van der Waals surface area (Å²) in [4.78, 5) is 0. The molecule has 0 bridgehead atoms. The number of hydrogen-bond donors (Lipinski definition) is 0. The minimum absolute atomic E-state index is 0.744. The van der Waals surface area contributed by atoms with Crippen LogP contribution in [0.4, 0.5) is 0 Å². The summed E-state index contributed by atoms with van der Waals surface area (Å²) in [5.74, 6) is 3.18. The minimum atomic E-state index is 0.744. The molecular formula is C15H18. The summed E-state index contributed by atoms with van der Waals surface area (Å²) < 4.78 is 0. The number of hydrogen-bond acceptors (Lipinski definition) is 0. The maximum Gasteiger partial charge on any atom is -0.00651 e. The second-order valence-electron chi connectivity index (χ2n) is 5.09. The third kappa shape index (κ3) is 1.43. The SMILES string of the molecule is C[C@H]1C=CC=C2C=CC=CC3CCC1C23. The maximum absolute atomic E-state index is 2.42. The second-order valence-corrected chi connectivity index (χ2v) is 5.09. The van der Waals surface area contributed by atoms with Crippen molar-refractivity contribution in [1.82, 2.24) is 0 Å². The average molecular weight is 198 g/mol. The van der Waals surface area contributed by atoms with E-state index in [9.17, 15) is 0 Å². The van der Waals surface area contributed by atoms with E-state index >= 15 is 0 Å². The average Bonchev–Trinajstić information content (AvgIpc) is 2.47. The molecule has 0 amide bonds. The monoisotopic (exact) mass is 198 g/mol. The summed E-state index contributed by atoms with van der Waals surface area (Å²) in [5, 5.41) is 0. The fraction of sp³-hybridized carbons (Fsp3) is 0.467. The number of allylic oxidation sites excluding steroid dienone is 8. The smallest absolute Gasteiger partial charge is 0.00651 e. The van der Waals surface area contributed by atoms with E-state index in [2.05, 4.69) is 49.5 Å². The summed E-state index contributed by atoms with van der Waals surface area (Å²) in [5.41, 5.74) is 1.55. The van der Waals surface area contributed by atoms with E-state index in [1.165, 1.54) is 12.8 Å². The molecule has 0 spiro atoms. The molecular weight excluding hydrogens is 180 g/mol. The van der Waals surface area contributed by atoms with Gasteiger partial charge in [-0.05, 0) is 42.1 Å². The van der Waals surface area contributed by atoms with Crippen LogP contribution in [0.1, 0.15) is 19.8 Å². The van der Waals surface area contributed by atoms with Crippen LogP contribution in [0, 0.1) is 23.7 Å². The summed E-state index contributed by atoms with van der Waals surface area (Å²) >= 11 is 0. The lowest BCUT2D eigenvalue weighted by atomic mass is 9.79. The normalized spacial score (nSPS) is 42.1. The van der Waals surface area contributed by atoms with Gasteiger partial charge in [0.25, 0.3) is 0 Å². The topological polar surface area (TPSA) is 0 Å². The number of rotatable bonds is 0.